The summed E-state index contributed by atoms with van der Waals surface area (Å²) in [5.41, 5.74) is -1.28. The zero-order valence-corrected chi connectivity index (χ0v) is 18.4. The van der Waals surface area contributed by atoms with Crippen molar-refractivity contribution in [1.29, 1.82) is 0 Å². The third-order valence-corrected chi connectivity index (χ3v) is 6.38. The van der Waals surface area contributed by atoms with Crippen molar-refractivity contribution in [1.82, 2.24) is 0 Å². The summed E-state index contributed by atoms with van der Waals surface area (Å²) in [5.74, 6) is -2.81. The highest BCUT2D eigenvalue weighted by Gasteiger charge is 2.68. The fourth-order valence-corrected chi connectivity index (χ4v) is 4.56. The van der Waals surface area contributed by atoms with Gasteiger partial charge in [0.2, 0.25) is 0 Å². The maximum Gasteiger partial charge on any atom is 0.189 e. The summed E-state index contributed by atoms with van der Waals surface area (Å²) in [6, 6.07) is 2.21. The van der Waals surface area contributed by atoms with E-state index in [1.807, 2.05) is 13.8 Å². The Morgan fingerprint density at radius 1 is 1.10 bits per heavy atom. The Kier molecular flexibility index (Phi) is 6.76. The van der Waals surface area contributed by atoms with E-state index in [4.69, 9.17) is 9.47 Å². The lowest BCUT2D eigenvalue weighted by Crippen LogP contribution is -2.55. The van der Waals surface area contributed by atoms with Crippen LogP contribution in [-0.4, -0.2) is 62.2 Å². The fraction of sp³-hybridized carbons (Fsp3) is 0.652. The number of epoxide rings is 1. The lowest BCUT2D eigenvalue weighted by Gasteiger charge is -2.39. The molecule has 1 spiro atoms. The molecule has 6 atom stereocenters. The first-order chi connectivity index (χ1) is 14.6. The van der Waals surface area contributed by atoms with Crippen LogP contribution in [0, 0.1) is 11.8 Å². The second-order valence-corrected chi connectivity index (χ2v) is 8.81. The van der Waals surface area contributed by atoms with Crippen molar-refractivity contribution in [3.8, 4) is 11.5 Å². The quantitative estimate of drug-likeness (QED) is 0.360. The molecule has 0 bridgehead atoms. The molecule has 3 unspecified atom stereocenters. The van der Waals surface area contributed by atoms with Crippen molar-refractivity contribution in [2.24, 2.45) is 11.8 Å². The average molecular weight is 437 g/mol. The minimum atomic E-state index is -1.37. The van der Waals surface area contributed by atoms with Crippen molar-refractivity contribution in [2.75, 3.05) is 0 Å². The molecule has 3 rings (SSSR count). The van der Waals surface area contributed by atoms with Gasteiger partial charge in [0.25, 0.3) is 0 Å². The number of aromatic hydroxyl groups is 2. The molecule has 8 nitrogen and oxygen atoms in total. The van der Waals surface area contributed by atoms with Crippen LogP contribution < -0.4 is 0 Å². The number of Topliss-reactive ketones (excluding diaryl/α,β-unsaturated/α-hetero) is 2. The number of carbonyl (C=O) groups excluding carboxylic acids is 2. The number of ether oxygens (including phenoxy) is 2. The average Bonchev–Trinajstić information content (AvgIpc) is 3.45. The molecule has 0 aromatic heterocycles. The summed E-state index contributed by atoms with van der Waals surface area (Å²) in [6.45, 7) is 7.12. The second-order valence-electron chi connectivity index (χ2n) is 8.81. The number of ketones is 2. The van der Waals surface area contributed by atoms with Crippen molar-refractivity contribution in [3.63, 3.8) is 0 Å². The number of hydrogen-bond acceptors (Lipinski definition) is 8. The zero-order chi connectivity index (χ0) is 23.1. The molecule has 0 radical (unpaired) electrons. The largest absolute Gasteiger partial charge is 0.507 e. The molecule has 8 heteroatoms. The summed E-state index contributed by atoms with van der Waals surface area (Å²) >= 11 is 0. The van der Waals surface area contributed by atoms with E-state index in [9.17, 15) is 30.0 Å². The highest BCUT2D eigenvalue weighted by molar-refractivity contribution is 6.06. The van der Waals surface area contributed by atoms with Crippen molar-refractivity contribution < 1.29 is 39.5 Å². The van der Waals surface area contributed by atoms with E-state index in [0.29, 0.717) is 19.3 Å². The van der Waals surface area contributed by atoms with E-state index >= 15 is 0 Å². The normalized spacial score (nSPS) is 31.1. The number of rotatable bonds is 8. The van der Waals surface area contributed by atoms with Gasteiger partial charge in [-0.1, -0.05) is 34.1 Å². The minimum absolute atomic E-state index is 0.0350. The molecular formula is C23H32O8. The molecule has 2 aliphatic heterocycles. The van der Waals surface area contributed by atoms with E-state index in [2.05, 4.69) is 0 Å². The van der Waals surface area contributed by atoms with Crippen LogP contribution in [0.4, 0.5) is 0 Å². The van der Waals surface area contributed by atoms with Crippen LogP contribution >= 0.6 is 0 Å². The first-order valence-corrected chi connectivity index (χ1v) is 10.9. The summed E-state index contributed by atoms with van der Waals surface area (Å²) < 4.78 is 11.3. The topological polar surface area (TPSA) is 137 Å². The van der Waals surface area contributed by atoms with Gasteiger partial charge in [-0.3, -0.25) is 9.59 Å². The van der Waals surface area contributed by atoms with Crippen molar-refractivity contribution in [3.05, 3.63) is 23.3 Å². The Hall–Kier alpha value is -2.00. The van der Waals surface area contributed by atoms with Crippen LogP contribution in [0.15, 0.2) is 12.1 Å². The molecule has 1 aromatic carbocycles. The van der Waals surface area contributed by atoms with Gasteiger partial charge in [0.1, 0.15) is 11.5 Å². The first kappa shape index (κ1) is 23.7. The van der Waals surface area contributed by atoms with Gasteiger partial charge in [-0.05, 0) is 18.9 Å². The molecule has 1 aromatic rings. The molecule has 0 aliphatic carbocycles. The SMILES string of the molecule is CCCC(C(=O)c1cc(C(=O)C(C)C)c(O)cc1O)C1C[C@@H](O)C2(O[C@H]2CC)[C@H](O)O1. The first-order valence-electron chi connectivity index (χ1n) is 10.9. The number of hydrogen-bond donors (Lipinski definition) is 4. The molecule has 2 heterocycles. The summed E-state index contributed by atoms with van der Waals surface area (Å²) in [4.78, 5) is 25.8. The highest BCUT2D eigenvalue weighted by atomic mass is 16.7. The van der Waals surface area contributed by atoms with Crippen LogP contribution in [0.3, 0.4) is 0 Å². The van der Waals surface area contributed by atoms with E-state index < -0.39 is 53.2 Å². The Balaban J connectivity index is 1.90. The summed E-state index contributed by atoms with van der Waals surface area (Å²) in [6.07, 6.45) is -1.73. The molecule has 2 aliphatic rings. The summed E-state index contributed by atoms with van der Waals surface area (Å²) in [5, 5.41) is 41.6. The predicted octanol–water partition coefficient (Wildman–Crippen LogP) is 2.55. The Morgan fingerprint density at radius 2 is 1.71 bits per heavy atom. The maximum absolute atomic E-state index is 13.4. The standard InChI is InChI=1S/C23H32O8/c1-5-7-12(17-10-18(26)23(22(29)30-17)19(6-2)31-23)21(28)14-8-13(20(27)11(3)4)15(24)9-16(14)25/h8-9,11-12,17-19,22,24-26,29H,5-7,10H2,1-4H3/t12?,17?,18-,19+,22-,23?/m1/s1. The number of phenols is 2. The third kappa shape index (κ3) is 4.09. The molecule has 172 valence electrons. The molecule has 4 N–H and O–H groups in total. The number of aliphatic hydroxyl groups excluding tert-OH is 2. The molecule has 31 heavy (non-hydrogen) atoms. The Bertz CT molecular complexity index is 836. The van der Waals surface area contributed by atoms with Crippen LogP contribution in [0.2, 0.25) is 0 Å². The summed E-state index contributed by atoms with van der Waals surface area (Å²) in [7, 11) is 0. The van der Waals surface area contributed by atoms with Crippen molar-refractivity contribution >= 4 is 11.6 Å². The van der Waals surface area contributed by atoms with E-state index in [0.717, 1.165) is 6.07 Å². The van der Waals surface area contributed by atoms with Gasteiger partial charge in [-0.15, -0.1) is 0 Å². The molecule has 2 saturated heterocycles. The molecule has 0 amide bonds. The van der Waals surface area contributed by atoms with Gasteiger partial charge >= 0.3 is 0 Å². The highest BCUT2D eigenvalue weighted by Crippen LogP contribution is 2.50. The number of carbonyl (C=O) groups is 2. The molecular weight excluding hydrogens is 404 g/mol. The van der Waals surface area contributed by atoms with Gasteiger partial charge in [-0.25, -0.2) is 0 Å². The fourth-order valence-electron chi connectivity index (χ4n) is 4.56. The van der Waals surface area contributed by atoms with E-state index in [-0.39, 0.29) is 29.4 Å². The number of benzene rings is 1. The second kappa shape index (κ2) is 8.86. The Morgan fingerprint density at radius 3 is 2.19 bits per heavy atom. The van der Waals surface area contributed by atoms with Crippen LogP contribution in [0.25, 0.3) is 0 Å². The Labute approximate surface area is 181 Å². The molecule has 0 saturated carbocycles. The lowest BCUT2D eigenvalue weighted by atomic mass is 9.80. The van der Waals surface area contributed by atoms with Gasteiger partial charge < -0.3 is 29.9 Å². The monoisotopic (exact) mass is 436 g/mol. The van der Waals surface area contributed by atoms with Gasteiger partial charge in [-0.2, -0.15) is 0 Å². The van der Waals surface area contributed by atoms with Gasteiger partial charge in [0.05, 0.1) is 29.4 Å². The number of aliphatic hydroxyl groups is 2. The lowest BCUT2D eigenvalue weighted by molar-refractivity contribution is -0.239. The van der Waals surface area contributed by atoms with Gasteiger partial charge in [0, 0.05) is 24.3 Å². The van der Waals surface area contributed by atoms with Crippen LogP contribution in [0.5, 0.6) is 11.5 Å². The maximum atomic E-state index is 13.4. The smallest absolute Gasteiger partial charge is 0.189 e. The van der Waals surface area contributed by atoms with Gasteiger partial charge in [0.15, 0.2) is 23.5 Å². The van der Waals surface area contributed by atoms with E-state index in [1.165, 1.54) is 6.07 Å². The predicted molar refractivity (Wildman–Crippen MR) is 111 cm³/mol. The van der Waals surface area contributed by atoms with Crippen LogP contribution in [-0.2, 0) is 9.47 Å². The van der Waals surface area contributed by atoms with E-state index in [1.54, 1.807) is 13.8 Å². The van der Waals surface area contributed by atoms with Crippen molar-refractivity contribution in [2.45, 2.75) is 83.6 Å². The zero-order valence-electron chi connectivity index (χ0n) is 18.4. The molecule has 2 fully saturated rings. The number of phenolic OH excluding ortho intramolecular Hbond substituents is 2. The van der Waals surface area contributed by atoms with Crippen LogP contribution in [0.1, 0.15) is 74.1 Å². The minimum Gasteiger partial charge on any atom is -0.507 e. The third-order valence-electron chi connectivity index (χ3n) is 6.38.